The molecule has 0 atom stereocenters. The molecule has 10 heteroatoms. The molecule has 0 bridgehead atoms. The van der Waals surface area contributed by atoms with Crippen LogP contribution in [-0.4, -0.2) is 63.6 Å². The van der Waals surface area contributed by atoms with Gasteiger partial charge in [-0.25, -0.2) is 9.59 Å². The summed E-state index contributed by atoms with van der Waals surface area (Å²) in [5.41, 5.74) is -0.179. The van der Waals surface area contributed by atoms with Gasteiger partial charge in [0.15, 0.2) is 5.82 Å². The minimum Gasteiger partial charge on any atom is -0.444 e. The Hall–Kier alpha value is -2.62. The summed E-state index contributed by atoms with van der Waals surface area (Å²) in [4.78, 5) is 37.6. The van der Waals surface area contributed by atoms with Gasteiger partial charge in [0, 0.05) is 31.8 Å². The smallest absolute Gasteiger partial charge is 0.407 e. The summed E-state index contributed by atoms with van der Waals surface area (Å²) in [5.74, 6) is -0.379. The molecule has 1 fully saturated rings. The Morgan fingerprint density at radius 2 is 1.96 bits per heavy atom. The summed E-state index contributed by atoms with van der Waals surface area (Å²) in [6.45, 7) is 5.27. The molecule has 1 heterocycles. The van der Waals surface area contributed by atoms with Crippen LogP contribution in [0.2, 0.25) is 0 Å². The third-order valence-electron chi connectivity index (χ3n) is 3.92. The molecule has 0 unspecified atom stereocenters. The molecule has 3 amide bonds. The Morgan fingerprint density at radius 1 is 1.33 bits per heavy atom. The van der Waals surface area contributed by atoms with Gasteiger partial charge in [0.2, 0.25) is 5.91 Å². The SMILES string of the molecule is CN(C)C(=O)n1cc(CNC(=O)OC(C)(C)C)c(NC(=O)C2CC(O)C2)n1. The number of aliphatic hydroxyl groups excluding tert-OH is 1. The number of ether oxygens (including phenoxy) is 1. The van der Waals surface area contributed by atoms with Crippen LogP contribution in [0.1, 0.15) is 39.2 Å². The first-order chi connectivity index (χ1) is 12.5. The second kappa shape index (κ2) is 7.95. The average Bonchev–Trinajstić information content (AvgIpc) is 2.90. The minimum atomic E-state index is -0.642. The Kier molecular flexibility index (Phi) is 6.09. The van der Waals surface area contributed by atoms with Gasteiger partial charge in [-0.05, 0) is 33.6 Å². The van der Waals surface area contributed by atoms with Gasteiger partial charge in [-0.1, -0.05) is 0 Å². The average molecular weight is 381 g/mol. The van der Waals surface area contributed by atoms with E-state index in [9.17, 15) is 19.5 Å². The molecule has 0 radical (unpaired) electrons. The number of amides is 3. The van der Waals surface area contributed by atoms with E-state index in [0.29, 0.717) is 18.4 Å². The predicted molar refractivity (Wildman–Crippen MR) is 97.1 cm³/mol. The second-order valence-electron chi connectivity index (χ2n) is 7.79. The number of carbonyl (C=O) groups excluding carboxylic acids is 3. The molecule has 1 aliphatic carbocycles. The third kappa shape index (κ3) is 5.68. The van der Waals surface area contributed by atoms with Crippen LogP contribution < -0.4 is 10.6 Å². The number of hydrogen-bond donors (Lipinski definition) is 3. The number of rotatable bonds is 4. The van der Waals surface area contributed by atoms with Crippen LogP contribution in [0.5, 0.6) is 0 Å². The molecule has 0 spiro atoms. The molecule has 27 heavy (non-hydrogen) atoms. The topological polar surface area (TPSA) is 126 Å². The lowest BCUT2D eigenvalue weighted by molar-refractivity contribution is -0.126. The highest BCUT2D eigenvalue weighted by molar-refractivity contribution is 5.93. The molecule has 3 N–H and O–H groups in total. The van der Waals surface area contributed by atoms with E-state index in [1.54, 1.807) is 34.9 Å². The lowest BCUT2D eigenvalue weighted by atomic mass is 9.82. The van der Waals surface area contributed by atoms with Crippen LogP contribution in [0.25, 0.3) is 0 Å². The highest BCUT2D eigenvalue weighted by Crippen LogP contribution is 2.28. The van der Waals surface area contributed by atoms with E-state index in [-0.39, 0.29) is 24.2 Å². The Balaban J connectivity index is 2.11. The molecule has 0 aliphatic heterocycles. The first kappa shape index (κ1) is 20.7. The molecule has 1 aromatic rings. The third-order valence-corrected chi connectivity index (χ3v) is 3.92. The quantitative estimate of drug-likeness (QED) is 0.718. The molecule has 1 aromatic heterocycles. The van der Waals surface area contributed by atoms with Crippen LogP contribution in [-0.2, 0) is 16.1 Å². The van der Waals surface area contributed by atoms with E-state index in [1.165, 1.54) is 11.1 Å². The van der Waals surface area contributed by atoms with Gasteiger partial charge >= 0.3 is 12.1 Å². The normalized spacial score (nSPS) is 19.0. The van der Waals surface area contributed by atoms with E-state index in [2.05, 4.69) is 15.7 Å². The molecule has 0 aromatic carbocycles. The number of nitrogens with zero attached hydrogens (tertiary/aromatic N) is 3. The van der Waals surface area contributed by atoms with Crippen molar-refractivity contribution < 1.29 is 24.2 Å². The molecule has 1 saturated carbocycles. The largest absolute Gasteiger partial charge is 0.444 e. The van der Waals surface area contributed by atoms with Crippen molar-refractivity contribution in [2.75, 3.05) is 19.4 Å². The van der Waals surface area contributed by atoms with E-state index in [4.69, 9.17) is 4.74 Å². The molecular weight excluding hydrogens is 354 g/mol. The highest BCUT2D eigenvalue weighted by Gasteiger charge is 2.34. The summed E-state index contributed by atoms with van der Waals surface area (Å²) in [6, 6.07) is -0.395. The van der Waals surface area contributed by atoms with E-state index >= 15 is 0 Å². The maximum absolute atomic E-state index is 12.3. The molecule has 0 saturated heterocycles. The maximum atomic E-state index is 12.3. The number of carbonyl (C=O) groups is 3. The molecule has 10 nitrogen and oxygen atoms in total. The van der Waals surface area contributed by atoms with Crippen LogP contribution in [0, 0.1) is 5.92 Å². The standard InChI is InChI=1S/C17H27N5O5/c1-17(2,3)27-15(25)18-8-11-9-22(16(26)21(4)5)20-13(11)19-14(24)10-6-12(23)7-10/h9-10,12,23H,6-8H2,1-5H3,(H,18,25)(H,19,20,24). The number of aromatic nitrogens is 2. The first-order valence-corrected chi connectivity index (χ1v) is 8.72. The van der Waals surface area contributed by atoms with Crippen molar-refractivity contribution in [3.8, 4) is 0 Å². The van der Waals surface area contributed by atoms with Crippen molar-refractivity contribution in [2.24, 2.45) is 5.92 Å². The maximum Gasteiger partial charge on any atom is 0.407 e. The summed E-state index contributed by atoms with van der Waals surface area (Å²) in [6.07, 6.45) is 1.17. The van der Waals surface area contributed by atoms with E-state index in [1.807, 2.05) is 0 Å². The lowest BCUT2D eigenvalue weighted by Gasteiger charge is -2.29. The number of anilines is 1. The Labute approximate surface area is 157 Å². The van der Waals surface area contributed by atoms with Gasteiger partial charge in [0.05, 0.1) is 12.6 Å². The lowest BCUT2D eigenvalue weighted by Crippen LogP contribution is -2.38. The van der Waals surface area contributed by atoms with Gasteiger partial charge in [0.25, 0.3) is 0 Å². The Morgan fingerprint density at radius 3 is 2.48 bits per heavy atom. The number of nitrogens with one attached hydrogen (secondary N) is 2. The van der Waals surface area contributed by atoms with Crippen LogP contribution in [0.3, 0.4) is 0 Å². The molecule has 1 aliphatic rings. The van der Waals surface area contributed by atoms with Gasteiger partial charge in [-0.3, -0.25) is 4.79 Å². The minimum absolute atomic E-state index is 0.0263. The fourth-order valence-electron chi connectivity index (χ4n) is 2.45. The number of aliphatic hydroxyl groups is 1. The summed E-state index contributed by atoms with van der Waals surface area (Å²) in [7, 11) is 3.16. The highest BCUT2D eigenvalue weighted by atomic mass is 16.6. The number of hydrogen-bond acceptors (Lipinski definition) is 6. The van der Waals surface area contributed by atoms with Crippen LogP contribution >= 0.6 is 0 Å². The van der Waals surface area contributed by atoms with Crippen molar-refractivity contribution in [3.05, 3.63) is 11.8 Å². The van der Waals surface area contributed by atoms with Crippen LogP contribution in [0.4, 0.5) is 15.4 Å². The van der Waals surface area contributed by atoms with Gasteiger partial charge in [-0.2, -0.15) is 4.68 Å². The second-order valence-corrected chi connectivity index (χ2v) is 7.79. The van der Waals surface area contributed by atoms with Crippen molar-refractivity contribution in [1.82, 2.24) is 20.0 Å². The summed E-state index contributed by atoms with van der Waals surface area (Å²) < 4.78 is 6.28. The monoisotopic (exact) mass is 381 g/mol. The molecule has 2 rings (SSSR count). The van der Waals surface area contributed by atoms with Crippen molar-refractivity contribution in [1.29, 1.82) is 0 Å². The van der Waals surface area contributed by atoms with Crippen molar-refractivity contribution in [2.45, 2.75) is 51.9 Å². The molecular formula is C17H27N5O5. The summed E-state index contributed by atoms with van der Waals surface area (Å²) >= 11 is 0. The van der Waals surface area contributed by atoms with Gasteiger partial charge in [0.1, 0.15) is 5.60 Å². The van der Waals surface area contributed by atoms with E-state index in [0.717, 1.165) is 4.68 Å². The fraction of sp³-hybridized carbons (Fsp3) is 0.647. The van der Waals surface area contributed by atoms with Gasteiger partial charge in [-0.15, -0.1) is 5.10 Å². The van der Waals surface area contributed by atoms with Crippen molar-refractivity contribution in [3.63, 3.8) is 0 Å². The Bertz CT molecular complexity index is 716. The first-order valence-electron chi connectivity index (χ1n) is 8.72. The predicted octanol–water partition coefficient (Wildman–Crippen LogP) is 1.15. The van der Waals surface area contributed by atoms with Gasteiger partial charge < -0.3 is 25.4 Å². The number of alkyl carbamates (subject to hydrolysis) is 1. The van der Waals surface area contributed by atoms with Crippen molar-refractivity contribution >= 4 is 23.8 Å². The zero-order chi connectivity index (χ0) is 20.4. The zero-order valence-corrected chi connectivity index (χ0v) is 16.3. The summed E-state index contributed by atoms with van der Waals surface area (Å²) in [5, 5.41) is 18.7. The fourth-order valence-corrected chi connectivity index (χ4v) is 2.45. The van der Waals surface area contributed by atoms with E-state index < -0.39 is 23.8 Å². The zero-order valence-electron chi connectivity index (χ0n) is 16.3. The van der Waals surface area contributed by atoms with Crippen LogP contribution in [0.15, 0.2) is 6.20 Å². The molecule has 150 valence electrons.